The van der Waals surface area contributed by atoms with Gasteiger partial charge < -0.3 is 15.1 Å². The van der Waals surface area contributed by atoms with Gasteiger partial charge in [-0.05, 0) is 52.2 Å². The number of rotatable bonds is 7. The van der Waals surface area contributed by atoms with E-state index in [-0.39, 0.29) is 0 Å². The summed E-state index contributed by atoms with van der Waals surface area (Å²) in [6.45, 7) is 9.36. The number of hydrogen-bond acceptors (Lipinski definition) is 3. The van der Waals surface area contributed by atoms with Crippen LogP contribution in [0, 0.1) is 0 Å². The Labute approximate surface area is 113 Å². The van der Waals surface area contributed by atoms with Crippen molar-refractivity contribution in [3.63, 3.8) is 0 Å². The molecule has 1 N–H and O–H groups in total. The summed E-state index contributed by atoms with van der Waals surface area (Å²) < 4.78 is 0. The van der Waals surface area contributed by atoms with Crippen molar-refractivity contribution in [1.82, 2.24) is 15.1 Å². The van der Waals surface area contributed by atoms with Crippen LogP contribution >= 0.6 is 0 Å². The van der Waals surface area contributed by atoms with Gasteiger partial charge in [0.05, 0.1) is 0 Å². The molecule has 2 aliphatic rings. The molecule has 3 heteroatoms. The molecule has 2 bridgehead atoms. The van der Waals surface area contributed by atoms with Gasteiger partial charge in [-0.15, -0.1) is 0 Å². The van der Waals surface area contributed by atoms with Gasteiger partial charge in [-0.3, -0.25) is 0 Å². The summed E-state index contributed by atoms with van der Waals surface area (Å²) >= 11 is 0. The molecule has 3 nitrogen and oxygen atoms in total. The smallest absolute Gasteiger partial charge is 0.0111 e. The minimum Gasteiger partial charge on any atom is -0.313 e. The third-order valence-electron chi connectivity index (χ3n) is 4.95. The fourth-order valence-corrected chi connectivity index (χ4v) is 3.75. The maximum absolute atomic E-state index is 3.80. The summed E-state index contributed by atoms with van der Waals surface area (Å²) in [6.07, 6.45) is 6.86. The Balaban J connectivity index is 1.66. The second-order valence-corrected chi connectivity index (χ2v) is 6.11. The van der Waals surface area contributed by atoms with E-state index in [2.05, 4.69) is 36.0 Å². The van der Waals surface area contributed by atoms with Crippen LogP contribution in [0.25, 0.3) is 0 Å². The molecule has 0 amide bonds. The Morgan fingerprint density at radius 3 is 2.33 bits per heavy atom. The highest BCUT2D eigenvalue weighted by molar-refractivity contribution is 4.95. The predicted octanol–water partition coefficient (Wildman–Crippen LogP) is 1.93. The molecule has 106 valence electrons. The average Bonchev–Trinajstić information content (AvgIpc) is 2.61. The van der Waals surface area contributed by atoms with Gasteiger partial charge in [-0.1, -0.05) is 13.8 Å². The van der Waals surface area contributed by atoms with E-state index in [9.17, 15) is 0 Å². The lowest BCUT2D eigenvalue weighted by Gasteiger charge is -2.37. The van der Waals surface area contributed by atoms with Gasteiger partial charge in [0.25, 0.3) is 0 Å². The molecule has 2 fully saturated rings. The number of hydrogen-bond donors (Lipinski definition) is 1. The molecule has 0 spiro atoms. The van der Waals surface area contributed by atoms with Crippen molar-refractivity contribution < 1.29 is 0 Å². The zero-order valence-corrected chi connectivity index (χ0v) is 12.5. The largest absolute Gasteiger partial charge is 0.313 e. The fraction of sp³-hybridized carbons (Fsp3) is 1.00. The van der Waals surface area contributed by atoms with Gasteiger partial charge in [0.1, 0.15) is 0 Å². The van der Waals surface area contributed by atoms with Gasteiger partial charge in [0.15, 0.2) is 0 Å². The Morgan fingerprint density at radius 1 is 1.11 bits per heavy atom. The second kappa shape index (κ2) is 6.88. The maximum Gasteiger partial charge on any atom is 0.0111 e. The van der Waals surface area contributed by atoms with E-state index in [1.54, 1.807) is 0 Å². The van der Waals surface area contributed by atoms with Crippen LogP contribution in [0.5, 0.6) is 0 Å². The van der Waals surface area contributed by atoms with Crippen molar-refractivity contribution in [2.24, 2.45) is 0 Å². The molecular formula is C15H31N3. The van der Waals surface area contributed by atoms with Crippen molar-refractivity contribution in [3.05, 3.63) is 0 Å². The highest BCUT2D eigenvalue weighted by atomic mass is 15.2. The molecule has 0 aliphatic carbocycles. The molecule has 2 aliphatic heterocycles. The molecule has 2 unspecified atom stereocenters. The Morgan fingerprint density at radius 2 is 1.78 bits per heavy atom. The average molecular weight is 253 g/mol. The van der Waals surface area contributed by atoms with Crippen LogP contribution in [0.1, 0.15) is 46.0 Å². The molecule has 0 saturated carbocycles. The zero-order chi connectivity index (χ0) is 13.0. The van der Waals surface area contributed by atoms with Crippen LogP contribution in [0.2, 0.25) is 0 Å². The van der Waals surface area contributed by atoms with Crippen LogP contribution < -0.4 is 5.32 Å². The van der Waals surface area contributed by atoms with E-state index in [1.807, 2.05) is 0 Å². The first-order valence-corrected chi connectivity index (χ1v) is 7.92. The third kappa shape index (κ3) is 3.46. The van der Waals surface area contributed by atoms with Gasteiger partial charge >= 0.3 is 0 Å². The van der Waals surface area contributed by atoms with Crippen molar-refractivity contribution in [2.45, 2.75) is 64.1 Å². The van der Waals surface area contributed by atoms with E-state index in [0.29, 0.717) is 0 Å². The number of nitrogens with one attached hydrogen (secondary N) is 1. The standard InChI is InChI=1S/C15H31N3/c1-4-9-18(5-2)10-8-16-13-11-14-6-7-15(12-13)17(14)3/h13-16H,4-12H2,1-3H3. The van der Waals surface area contributed by atoms with Gasteiger partial charge in [-0.2, -0.15) is 0 Å². The minimum absolute atomic E-state index is 0.777. The summed E-state index contributed by atoms with van der Waals surface area (Å²) in [4.78, 5) is 5.17. The molecule has 0 aromatic heterocycles. The van der Waals surface area contributed by atoms with E-state index in [4.69, 9.17) is 0 Å². The molecule has 0 aromatic carbocycles. The molecule has 18 heavy (non-hydrogen) atoms. The molecule has 0 aromatic rings. The third-order valence-corrected chi connectivity index (χ3v) is 4.95. The van der Waals surface area contributed by atoms with Crippen LogP contribution in [0.3, 0.4) is 0 Å². The van der Waals surface area contributed by atoms with Crippen molar-refractivity contribution in [3.8, 4) is 0 Å². The Bertz CT molecular complexity index is 230. The van der Waals surface area contributed by atoms with Crippen LogP contribution in [0.15, 0.2) is 0 Å². The van der Waals surface area contributed by atoms with E-state index in [1.165, 1.54) is 58.3 Å². The molecule has 0 radical (unpaired) electrons. The number of likely N-dealkylation sites (N-methyl/N-ethyl adjacent to an activating group) is 1. The summed E-state index contributed by atoms with van der Waals surface area (Å²) in [5, 5.41) is 3.80. The van der Waals surface area contributed by atoms with E-state index < -0.39 is 0 Å². The first kappa shape index (κ1) is 14.3. The number of piperidine rings is 1. The lowest BCUT2D eigenvalue weighted by Crippen LogP contribution is -2.48. The Kier molecular flexibility index (Phi) is 5.46. The zero-order valence-electron chi connectivity index (χ0n) is 12.5. The van der Waals surface area contributed by atoms with Gasteiger partial charge in [-0.25, -0.2) is 0 Å². The SMILES string of the molecule is CCCN(CC)CCNC1CC2CCC(C1)N2C. The summed E-state index contributed by atoms with van der Waals surface area (Å²) in [7, 11) is 2.32. The lowest BCUT2D eigenvalue weighted by atomic mass is 9.98. The van der Waals surface area contributed by atoms with Gasteiger partial charge in [0.2, 0.25) is 0 Å². The van der Waals surface area contributed by atoms with Crippen LogP contribution in [-0.2, 0) is 0 Å². The normalized spacial score (nSPS) is 32.3. The van der Waals surface area contributed by atoms with E-state index >= 15 is 0 Å². The highest BCUT2D eigenvalue weighted by Gasteiger charge is 2.37. The monoisotopic (exact) mass is 253 g/mol. The number of fused-ring (bicyclic) bond motifs is 2. The first-order valence-electron chi connectivity index (χ1n) is 7.92. The second-order valence-electron chi connectivity index (χ2n) is 6.11. The highest BCUT2D eigenvalue weighted by Crippen LogP contribution is 2.33. The first-order chi connectivity index (χ1) is 8.74. The molecule has 2 atom stereocenters. The van der Waals surface area contributed by atoms with Crippen molar-refractivity contribution in [2.75, 3.05) is 33.2 Å². The summed E-state index contributed by atoms with van der Waals surface area (Å²) in [5.74, 6) is 0. The lowest BCUT2D eigenvalue weighted by molar-refractivity contribution is 0.146. The fourth-order valence-electron chi connectivity index (χ4n) is 3.75. The van der Waals surface area contributed by atoms with Crippen LogP contribution in [-0.4, -0.2) is 61.2 Å². The topological polar surface area (TPSA) is 18.5 Å². The molecule has 2 rings (SSSR count). The molecular weight excluding hydrogens is 222 g/mol. The minimum atomic E-state index is 0.777. The van der Waals surface area contributed by atoms with Gasteiger partial charge in [0, 0.05) is 31.2 Å². The Hall–Kier alpha value is -0.120. The predicted molar refractivity (Wildman–Crippen MR) is 78.0 cm³/mol. The maximum atomic E-state index is 3.80. The quantitative estimate of drug-likeness (QED) is 0.748. The molecule has 2 saturated heterocycles. The van der Waals surface area contributed by atoms with Crippen LogP contribution in [0.4, 0.5) is 0 Å². The van der Waals surface area contributed by atoms with Crippen molar-refractivity contribution in [1.29, 1.82) is 0 Å². The van der Waals surface area contributed by atoms with Crippen molar-refractivity contribution >= 4 is 0 Å². The summed E-state index contributed by atoms with van der Waals surface area (Å²) in [6, 6.07) is 2.50. The van der Waals surface area contributed by atoms with E-state index in [0.717, 1.165) is 18.1 Å². The number of nitrogens with zero attached hydrogens (tertiary/aromatic N) is 2. The molecule has 2 heterocycles. The summed E-state index contributed by atoms with van der Waals surface area (Å²) in [5.41, 5.74) is 0.